The topological polar surface area (TPSA) is 95.3 Å². The van der Waals surface area contributed by atoms with E-state index in [1.165, 1.54) is 16.4 Å². The van der Waals surface area contributed by atoms with Gasteiger partial charge in [0.2, 0.25) is 10.0 Å². The Hall–Kier alpha value is -3.14. The molecule has 1 saturated heterocycles. The van der Waals surface area contributed by atoms with Crippen molar-refractivity contribution in [3.63, 3.8) is 0 Å². The van der Waals surface area contributed by atoms with E-state index in [4.69, 9.17) is 18.6 Å². The van der Waals surface area contributed by atoms with Gasteiger partial charge in [0.05, 0.1) is 24.5 Å². The van der Waals surface area contributed by atoms with Crippen LogP contribution in [0.4, 0.5) is 0 Å². The van der Waals surface area contributed by atoms with Crippen molar-refractivity contribution in [2.45, 2.75) is 17.7 Å². The number of esters is 1. The maximum Gasteiger partial charge on any atom is 0.306 e. The van der Waals surface area contributed by atoms with Crippen LogP contribution in [0.1, 0.15) is 12.2 Å². The molecule has 0 saturated carbocycles. The van der Waals surface area contributed by atoms with Gasteiger partial charge in [-0.05, 0) is 36.4 Å². The molecule has 2 heterocycles. The summed E-state index contributed by atoms with van der Waals surface area (Å²) >= 11 is 0. The summed E-state index contributed by atoms with van der Waals surface area (Å²) in [7, 11) is -3.54. The third-order valence-corrected chi connectivity index (χ3v) is 7.26. The van der Waals surface area contributed by atoms with Crippen molar-refractivity contribution >= 4 is 16.0 Å². The van der Waals surface area contributed by atoms with E-state index in [0.717, 1.165) is 17.1 Å². The van der Waals surface area contributed by atoms with Gasteiger partial charge in [-0.15, -0.1) is 0 Å². The Morgan fingerprint density at radius 3 is 2.38 bits per heavy atom. The van der Waals surface area contributed by atoms with Crippen LogP contribution in [0.2, 0.25) is 0 Å². The van der Waals surface area contributed by atoms with Crippen molar-refractivity contribution in [2.24, 2.45) is 0 Å². The molecule has 1 aliphatic heterocycles. The van der Waals surface area contributed by atoms with Crippen LogP contribution >= 0.6 is 0 Å². The second kappa shape index (κ2) is 11.3. The first-order valence-electron chi connectivity index (χ1n) is 11.1. The molecule has 0 atom stereocenters. The van der Waals surface area contributed by atoms with Gasteiger partial charge >= 0.3 is 5.97 Å². The maximum atomic E-state index is 12.6. The molecule has 2 aromatic carbocycles. The number of aryl methyl sites for hydroxylation is 1. The van der Waals surface area contributed by atoms with Crippen LogP contribution in [-0.4, -0.2) is 58.2 Å². The molecule has 3 aromatic rings. The van der Waals surface area contributed by atoms with Crippen LogP contribution in [0.5, 0.6) is 5.75 Å². The van der Waals surface area contributed by atoms with Crippen molar-refractivity contribution in [3.05, 3.63) is 72.5 Å². The summed E-state index contributed by atoms with van der Waals surface area (Å²) in [5.74, 6) is 1.65. The smallest absolute Gasteiger partial charge is 0.306 e. The summed E-state index contributed by atoms with van der Waals surface area (Å²) in [6.45, 7) is 1.76. The van der Waals surface area contributed by atoms with Crippen LogP contribution in [0, 0.1) is 0 Å². The molecular formula is C25H27NO7S. The first-order valence-corrected chi connectivity index (χ1v) is 12.6. The van der Waals surface area contributed by atoms with Gasteiger partial charge in [-0.1, -0.05) is 30.3 Å². The first-order chi connectivity index (χ1) is 16.5. The van der Waals surface area contributed by atoms with Crippen LogP contribution in [0.15, 0.2) is 76.0 Å². The number of carbonyl (C=O) groups is 1. The summed E-state index contributed by atoms with van der Waals surface area (Å²) in [5, 5.41) is 0. The Morgan fingerprint density at radius 1 is 0.912 bits per heavy atom. The van der Waals surface area contributed by atoms with Gasteiger partial charge in [0.25, 0.3) is 0 Å². The lowest BCUT2D eigenvalue weighted by atomic mass is 10.2. The Morgan fingerprint density at radius 2 is 1.65 bits per heavy atom. The van der Waals surface area contributed by atoms with E-state index in [0.29, 0.717) is 38.5 Å². The Labute approximate surface area is 199 Å². The van der Waals surface area contributed by atoms with Crippen molar-refractivity contribution in [3.8, 4) is 17.1 Å². The summed E-state index contributed by atoms with van der Waals surface area (Å²) in [4.78, 5) is 12.2. The number of furan rings is 1. The van der Waals surface area contributed by atoms with E-state index in [1.807, 2.05) is 42.5 Å². The Kier molecular flexibility index (Phi) is 7.99. The number of hydrogen-bond donors (Lipinski definition) is 0. The molecule has 0 unspecified atom stereocenters. The highest BCUT2D eigenvalue weighted by Gasteiger charge is 2.26. The maximum absolute atomic E-state index is 12.6. The molecular weight excluding hydrogens is 458 g/mol. The predicted molar refractivity (Wildman–Crippen MR) is 125 cm³/mol. The molecule has 0 spiro atoms. The number of rotatable bonds is 10. The van der Waals surface area contributed by atoms with E-state index in [2.05, 4.69) is 0 Å². The highest BCUT2D eigenvalue weighted by atomic mass is 32.2. The van der Waals surface area contributed by atoms with Crippen molar-refractivity contribution in [2.75, 3.05) is 39.5 Å². The molecule has 1 fully saturated rings. The number of sulfonamides is 1. The fourth-order valence-corrected chi connectivity index (χ4v) is 4.93. The van der Waals surface area contributed by atoms with Gasteiger partial charge in [0.1, 0.15) is 30.5 Å². The second-order valence-electron chi connectivity index (χ2n) is 7.69. The van der Waals surface area contributed by atoms with Crippen LogP contribution < -0.4 is 4.74 Å². The summed E-state index contributed by atoms with van der Waals surface area (Å²) in [6.07, 6.45) is 0.654. The number of nitrogens with zero attached hydrogens (tertiary/aromatic N) is 1. The van der Waals surface area contributed by atoms with Crippen LogP contribution in [0.3, 0.4) is 0 Å². The molecule has 0 aliphatic carbocycles. The molecule has 0 N–H and O–H groups in total. The standard InChI is InChI=1S/C25H27NO7S/c27-25(13-9-22-8-12-24(33-22)20-4-2-1-3-5-20)32-19-18-31-21-6-10-23(11-7-21)34(28,29)26-14-16-30-17-15-26/h1-8,10-12H,9,13-19H2. The summed E-state index contributed by atoms with van der Waals surface area (Å²) in [6, 6.07) is 19.7. The highest BCUT2D eigenvalue weighted by Crippen LogP contribution is 2.23. The predicted octanol–water partition coefficient (Wildman–Crippen LogP) is 3.52. The number of ether oxygens (including phenoxy) is 3. The van der Waals surface area contributed by atoms with Gasteiger partial charge in [-0.2, -0.15) is 4.31 Å². The molecule has 1 aromatic heterocycles. The van der Waals surface area contributed by atoms with Gasteiger partial charge < -0.3 is 18.6 Å². The van der Waals surface area contributed by atoms with Gasteiger partial charge in [0.15, 0.2) is 0 Å². The minimum atomic E-state index is -3.54. The lowest BCUT2D eigenvalue weighted by molar-refractivity contribution is -0.144. The molecule has 9 heteroatoms. The SMILES string of the molecule is O=C(CCc1ccc(-c2ccccc2)o1)OCCOc1ccc(S(=O)(=O)N2CCOCC2)cc1. The lowest BCUT2D eigenvalue weighted by Crippen LogP contribution is -2.40. The van der Waals surface area contributed by atoms with Gasteiger partial charge in [-0.25, -0.2) is 8.42 Å². The third-order valence-electron chi connectivity index (χ3n) is 5.34. The van der Waals surface area contributed by atoms with Crippen LogP contribution in [-0.2, 0) is 30.7 Å². The summed E-state index contributed by atoms with van der Waals surface area (Å²) < 4.78 is 48.5. The minimum absolute atomic E-state index is 0.0973. The van der Waals surface area contributed by atoms with Gasteiger partial charge in [-0.3, -0.25) is 4.79 Å². The average Bonchev–Trinajstić information content (AvgIpc) is 3.36. The molecule has 34 heavy (non-hydrogen) atoms. The normalized spacial score (nSPS) is 14.6. The fraction of sp³-hybridized carbons (Fsp3) is 0.320. The van der Waals surface area contributed by atoms with Crippen molar-refractivity contribution < 1.29 is 31.8 Å². The zero-order valence-electron chi connectivity index (χ0n) is 18.7. The highest BCUT2D eigenvalue weighted by molar-refractivity contribution is 7.89. The number of benzene rings is 2. The van der Waals surface area contributed by atoms with E-state index in [1.54, 1.807) is 12.1 Å². The quantitative estimate of drug-likeness (QED) is 0.320. The largest absolute Gasteiger partial charge is 0.490 e. The van der Waals surface area contributed by atoms with E-state index in [9.17, 15) is 13.2 Å². The van der Waals surface area contributed by atoms with E-state index in [-0.39, 0.29) is 30.5 Å². The molecule has 8 nitrogen and oxygen atoms in total. The lowest BCUT2D eigenvalue weighted by Gasteiger charge is -2.26. The third kappa shape index (κ3) is 6.25. The van der Waals surface area contributed by atoms with Crippen molar-refractivity contribution in [1.29, 1.82) is 0 Å². The average molecular weight is 486 g/mol. The van der Waals surface area contributed by atoms with E-state index < -0.39 is 10.0 Å². The Bertz CT molecular complexity index is 1170. The van der Waals surface area contributed by atoms with Gasteiger partial charge in [0, 0.05) is 25.1 Å². The number of morpholine rings is 1. The molecule has 180 valence electrons. The van der Waals surface area contributed by atoms with E-state index >= 15 is 0 Å². The molecule has 4 rings (SSSR count). The first kappa shape index (κ1) is 24.0. The minimum Gasteiger partial charge on any atom is -0.490 e. The molecule has 0 bridgehead atoms. The van der Waals surface area contributed by atoms with Crippen LogP contribution in [0.25, 0.3) is 11.3 Å². The fourth-order valence-electron chi connectivity index (χ4n) is 3.53. The molecule has 1 aliphatic rings. The Balaban J connectivity index is 1.17. The molecule has 0 amide bonds. The zero-order chi connectivity index (χ0) is 23.8. The van der Waals surface area contributed by atoms with Crippen molar-refractivity contribution in [1.82, 2.24) is 4.31 Å². The summed E-state index contributed by atoms with van der Waals surface area (Å²) in [5.41, 5.74) is 0.986. The molecule has 0 radical (unpaired) electrons. The second-order valence-corrected chi connectivity index (χ2v) is 9.63. The number of carbonyl (C=O) groups excluding carboxylic acids is 1. The number of hydrogen-bond acceptors (Lipinski definition) is 7. The monoisotopic (exact) mass is 485 g/mol. The zero-order valence-corrected chi connectivity index (χ0v) is 19.5.